The summed E-state index contributed by atoms with van der Waals surface area (Å²) in [5.74, 6) is 6.00. The molecule has 2 aliphatic rings. The second kappa shape index (κ2) is 5.58. The maximum atomic E-state index is 12.2. The molecule has 0 aromatic heterocycles. The zero-order chi connectivity index (χ0) is 15.0. The molecule has 0 saturated carbocycles. The largest absolute Gasteiger partial charge is 0.418 e. The Bertz CT molecular complexity index is 540. The maximum Gasteiger partial charge on any atom is 0.418 e. The molecule has 0 bridgehead atoms. The number of nitrogens with one attached hydrogen (secondary N) is 1. The quantitative estimate of drug-likeness (QED) is 0.436. The van der Waals surface area contributed by atoms with E-state index in [9.17, 15) is 9.90 Å². The third kappa shape index (κ3) is 2.37. The first-order chi connectivity index (χ1) is 10.2. The summed E-state index contributed by atoms with van der Waals surface area (Å²) in [4.78, 5) is 13.5. The van der Waals surface area contributed by atoms with Crippen LogP contribution in [0.2, 0.25) is 0 Å². The van der Waals surface area contributed by atoms with Gasteiger partial charge in [0.2, 0.25) is 0 Å². The van der Waals surface area contributed by atoms with Crippen molar-refractivity contribution in [3.05, 3.63) is 29.8 Å². The molecule has 8 nitrogen and oxygen atoms in total. The number of amides is 1. The van der Waals surface area contributed by atoms with Crippen LogP contribution in [0.25, 0.3) is 0 Å². The van der Waals surface area contributed by atoms with E-state index in [4.69, 9.17) is 20.4 Å². The fraction of sp³-hybridized carbons (Fsp3) is 0.462. The van der Waals surface area contributed by atoms with Gasteiger partial charge in [-0.1, -0.05) is 18.2 Å². The molecular weight excluding hydrogens is 278 g/mol. The average Bonchev–Trinajstić information content (AvgIpc) is 2.86. The lowest BCUT2D eigenvalue weighted by molar-refractivity contribution is -0.0877. The Balaban J connectivity index is 1.90. The van der Waals surface area contributed by atoms with Gasteiger partial charge in [0.25, 0.3) is 0 Å². The number of rotatable bonds is 3. The van der Waals surface area contributed by atoms with Crippen molar-refractivity contribution in [1.29, 1.82) is 0 Å². The molecule has 3 rings (SSSR count). The van der Waals surface area contributed by atoms with Gasteiger partial charge in [0.15, 0.2) is 0 Å². The third-order valence-corrected chi connectivity index (χ3v) is 3.75. The molecular formula is C13H17N3O5. The lowest BCUT2D eigenvalue weighted by Crippen LogP contribution is -2.53. The summed E-state index contributed by atoms with van der Waals surface area (Å²) in [7, 11) is 0. The molecule has 0 aliphatic carbocycles. The molecule has 0 radical (unpaired) electrons. The predicted molar refractivity (Wildman–Crippen MR) is 70.7 cm³/mol. The van der Waals surface area contributed by atoms with E-state index in [0.717, 1.165) is 0 Å². The number of ether oxygens (including phenoxy) is 2. The van der Waals surface area contributed by atoms with Crippen LogP contribution in [0.3, 0.4) is 0 Å². The third-order valence-electron chi connectivity index (χ3n) is 3.75. The normalized spacial score (nSPS) is 32.0. The summed E-state index contributed by atoms with van der Waals surface area (Å²) in [6.45, 7) is -0.322. The molecule has 21 heavy (non-hydrogen) atoms. The van der Waals surface area contributed by atoms with Gasteiger partial charge in [-0.05, 0) is 6.07 Å². The van der Waals surface area contributed by atoms with Crippen molar-refractivity contribution in [1.82, 2.24) is 10.3 Å². The van der Waals surface area contributed by atoms with Crippen LogP contribution >= 0.6 is 0 Å². The number of hydrogen-bond donors (Lipinski definition) is 4. The van der Waals surface area contributed by atoms with Crippen molar-refractivity contribution < 1.29 is 24.5 Å². The first-order valence-corrected chi connectivity index (χ1v) is 6.65. The van der Waals surface area contributed by atoms with Crippen LogP contribution in [0, 0.1) is 0 Å². The number of aliphatic hydroxyl groups is 2. The maximum absolute atomic E-state index is 12.2. The van der Waals surface area contributed by atoms with Crippen LogP contribution < -0.4 is 16.0 Å². The second-order valence-corrected chi connectivity index (χ2v) is 5.00. The van der Waals surface area contributed by atoms with E-state index in [2.05, 4.69) is 5.43 Å². The standard InChI is InChI=1S/C13H17N3O5/c14-15-12-7-3-1-2-4-9(7)21-13(19)16(12)11-5-8(18)10(6-17)20-11/h1-4,8,10-12,15,17-18H,5-6,14H2/t8-,10+,11+,12?/m0/s1. The molecule has 5 N–H and O–H groups in total. The van der Waals surface area contributed by atoms with Crippen molar-refractivity contribution in [2.75, 3.05) is 6.61 Å². The van der Waals surface area contributed by atoms with E-state index in [1.165, 1.54) is 4.90 Å². The highest BCUT2D eigenvalue weighted by molar-refractivity contribution is 5.74. The Morgan fingerprint density at radius 1 is 1.43 bits per heavy atom. The number of nitrogens with zero attached hydrogens (tertiary/aromatic N) is 1. The Morgan fingerprint density at radius 3 is 2.86 bits per heavy atom. The van der Waals surface area contributed by atoms with Crippen molar-refractivity contribution >= 4 is 6.09 Å². The number of carbonyl (C=O) groups is 1. The molecule has 2 heterocycles. The summed E-state index contributed by atoms with van der Waals surface area (Å²) >= 11 is 0. The smallest absolute Gasteiger partial charge is 0.410 e. The number of para-hydroxylation sites is 1. The van der Waals surface area contributed by atoms with E-state index in [1.54, 1.807) is 24.3 Å². The van der Waals surface area contributed by atoms with E-state index < -0.39 is 30.7 Å². The van der Waals surface area contributed by atoms with E-state index in [0.29, 0.717) is 11.3 Å². The number of aliphatic hydroxyl groups excluding tert-OH is 2. The molecule has 8 heteroatoms. The minimum absolute atomic E-state index is 0.181. The van der Waals surface area contributed by atoms with Crippen molar-refractivity contribution in [3.8, 4) is 5.75 Å². The number of nitrogens with two attached hydrogens (primary N) is 1. The molecule has 1 fully saturated rings. The van der Waals surface area contributed by atoms with Gasteiger partial charge in [-0.2, -0.15) is 0 Å². The molecule has 1 aromatic carbocycles. The predicted octanol–water partition coefficient (Wildman–Crippen LogP) is -0.569. The zero-order valence-corrected chi connectivity index (χ0v) is 11.2. The van der Waals surface area contributed by atoms with Crippen LogP contribution in [0.4, 0.5) is 4.79 Å². The monoisotopic (exact) mass is 295 g/mol. The summed E-state index contributed by atoms with van der Waals surface area (Å²) in [5, 5.41) is 19.0. The summed E-state index contributed by atoms with van der Waals surface area (Å²) in [6, 6.07) is 7.03. The summed E-state index contributed by atoms with van der Waals surface area (Å²) in [6.07, 6.45) is -3.36. The minimum atomic E-state index is -0.844. The van der Waals surface area contributed by atoms with Crippen molar-refractivity contribution in [2.24, 2.45) is 5.84 Å². The SMILES string of the molecule is NNC1c2ccccc2OC(=O)N1[C@H]1C[C@H](O)[C@@H](CO)O1. The van der Waals surface area contributed by atoms with Crippen molar-refractivity contribution in [3.63, 3.8) is 0 Å². The molecule has 114 valence electrons. The first kappa shape index (κ1) is 14.2. The lowest BCUT2D eigenvalue weighted by Gasteiger charge is -2.38. The van der Waals surface area contributed by atoms with Crippen LogP contribution in [0.15, 0.2) is 24.3 Å². The molecule has 1 saturated heterocycles. The topological polar surface area (TPSA) is 117 Å². The molecule has 4 atom stereocenters. The van der Waals surface area contributed by atoms with Gasteiger partial charge in [-0.25, -0.2) is 10.2 Å². The zero-order valence-electron chi connectivity index (χ0n) is 11.2. The fourth-order valence-electron chi connectivity index (χ4n) is 2.71. The minimum Gasteiger partial charge on any atom is -0.410 e. The van der Waals surface area contributed by atoms with Gasteiger partial charge in [0.1, 0.15) is 24.2 Å². The van der Waals surface area contributed by atoms with Crippen LogP contribution in [-0.2, 0) is 4.74 Å². The van der Waals surface area contributed by atoms with Gasteiger partial charge >= 0.3 is 6.09 Å². The molecule has 1 amide bonds. The van der Waals surface area contributed by atoms with Crippen molar-refractivity contribution in [2.45, 2.75) is 31.0 Å². The Kier molecular flexibility index (Phi) is 3.79. The van der Waals surface area contributed by atoms with Gasteiger partial charge in [0, 0.05) is 12.0 Å². The summed E-state index contributed by atoms with van der Waals surface area (Å²) < 4.78 is 10.8. The number of fused-ring (bicyclic) bond motifs is 1. The summed E-state index contributed by atoms with van der Waals surface area (Å²) in [5.41, 5.74) is 3.27. The van der Waals surface area contributed by atoms with Gasteiger partial charge < -0.3 is 19.7 Å². The molecule has 2 aliphatic heterocycles. The molecule has 1 unspecified atom stereocenters. The number of hydrogen-bond acceptors (Lipinski definition) is 7. The molecule has 1 aromatic rings. The Labute approximate surface area is 121 Å². The first-order valence-electron chi connectivity index (χ1n) is 6.65. The Morgan fingerprint density at radius 2 is 2.19 bits per heavy atom. The highest BCUT2D eigenvalue weighted by Crippen LogP contribution is 2.37. The van der Waals surface area contributed by atoms with Crippen LogP contribution in [0.1, 0.15) is 18.2 Å². The highest BCUT2D eigenvalue weighted by atomic mass is 16.6. The molecule has 0 spiro atoms. The Hall–Kier alpha value is -1.71. The number of carbonyl (C=O) groups excluding carboxylic acids is 1. The van der Waals surface area contributed by atoms with Gasteiger partial charge in [0.05, 0.1) is 12.7 Å². The average molecular weight is 295 g/mol. The van der Waals surface area contributed by atoms with Crippen LogP contribution in [0.5, 0.6) is 5.75 Å². The van der Waals surface area contributed by atoms with E-state index >= 15 is 0 Å². The van der Waals surface area contributed by atoms with Gasteiger partial charge in [-0.3, -0.25) is 10.7 Å². The second-order valence-electron chi connectivity index (χ2n) is 5.00. The fourth-order valence-corrected chi connectivity index (χ4v) is 2.71. The van der Waals surface area contributed by atoms with Crippen LogP contribution in [-0.4, -0.2) is 46.2 Å². The number of benzene rings is 1. The number of hydrazine groups is 1. The lowest BCUT2D eigenvalue weighted by atomic mass is 10.1. The van der Waals surface area contributed by atoms with Gasteiger partial charge in [-0.15, -0.1) is 0 Å². The van der Waals surface area contributed by atoms with E-state index in [1.807, 2.05) is 0 Å². The highest BCUT2D eigenvalue weighted by Gasteiger charge is 2.45. The van der Waals surface area contributed by atoms with E-state index in [-0.39, 0.29) is 13.0 Å².